The molecule has 0 aromatic heterocycles. The summed E-state index contributed by atoms with van der Waals surface area (Å²) in [6.07, 6.45) is 8.87. The largest absolute Gasteiger partial charge is 0.478 e. The molecule has 0 heterocycles. The predicted octanol–water partition coefficient (Wildman–Crippen LogP) is 2.06. The highest BCUT2D eigenvalue weighted by molar-refractivity contribution is 6.09. The molecule has 0 amide bonds. The second-order valence-electron chi connectivity index (χ2n) is 2.94. The monoisotopic (exact) mass is 205 g/mol. The van der Waals surface area contributed by atoms with Gasteiger partial charge < -0.3 is 5.11 Å². The fourth-order valence-electron chi connectivity index (χ4n) is 0.936. The van der Waals surface area contributed by atoms with Crippen molar-refractivity contribution in [2.75, 3.05) is 7.05 Å². The third kappa shape index (κ3) is 4.28. The Balaban J connectivity index is 5.05. The van der Waals surface area contributed by atoms with Gasteiger partial charge >= 0.3 is 5.97 Å². The molecule has 15 heavy (non-hydrogen) atoms. The van der Waals surface area contributed by atoms with Gasteiger partial charge in [0.05, 0.1) is 5.57 Å². The number of carboxylic acids is 1. The van der Waals surface area contributed by atoms with E-state index in [1.165, 1.54) is 12.2 Å². The summed E-state index contributed by atoms with van der Waals surface area (Å²) in [6.45, 7) is 3.69. The van der Waals surface area contributed by atoms with E-state index in [1.807, 2.05) is 6.92 Å². The number of aliphatic imine (C=N–C) groups is 1. The number of aliphatic carboxylic acids is 1. The van der Waals surface area contributed by atoms with Gasteiger partial charge in [0.25, 0.3) is 0 Å². The maximum atomic E-state index is 10.9. The Morgan fingerprint density at radius 2 is 2.13 bits per heavy atom. The van der Waals surface area contributed by atoms with Crippen LogP contribution in [0.1, 0.15) is 20.3 Å². The number of rotatable bonds is 4. The average molecular weight is 205 g/mol. The first-order valence-corrected chi connectivity index (χ1v) is 4.61. The van der Waals surface area contributed by atoms with Crippen LogP contribution >= 0.6 is 0 Å². The highest BCUT2D eigenvalue weighted by atomic mass is 16.4. The van der Waals surface area contributed by atoms with Crippen LogP contribution < -0.4 is 0 Å². The molecule has 0 aromatic carbocycles. The SMILES string of the molecule is C#CC(/C=C\C(C(=O)O)=C(/C)CC)=NC. The zero-order valence-corrected chi connectivity index (χ0v) is 9.24. The van der Waals surface area contributed by atoms with Crippen LogP contribution in [0.3, 0.4) is 0 Å². The third-order valence-corrected chi connectivity index (χ3v) is 2.02. The van der Waals surface area contributed by atoms with Crippen LogP contribution in [0.4, 0.5) is 0 Å². The number of hydrogen-bond acceptors (Lipinski definition) is 2. The summed E-state index contributed by atoms with van der Waals surface area (Å²) in [5.74, 6) is 1.40. The summed E-state index contributed by atoms with van der Waals surface area (Å²) in [5.41, 5.74) is 1.51. The van der Waals surface area contributed by atoms with Crippen molar-refractivity contribution >= 4 is 11.7 Å². The van der Waals surface area contributed by atoms with E-state index in [2.05, 4.69) is 10.9 Å². The molecule has 0 atom stereocenters. The second kappa shape index (κ2) is 6.61. The third-order valence-electron chi connectivity index (χ3n) is 2.02. The average Bonchev–Trinajstić information content (AvgIpc) is 2.23. The van der Waals surface area contributed by atoms with Gasteiger partial charge in [0.1, 0.15) is 5.71 Å². The van der Waals surface area contributed by atoms with Gasteiger partial charge in [0, 0.05) is 7.05 Å². The van der Waals surface area contributed by atoms with E-state index in [4.69, 9.17) is 11.5 Å². The van der Waals surface area contributed by atoms with Crippen molar-refractivity contribution in [3.8, 4) is 12.3 Å². The van der Waals surface area contributed by atoms with Crippen LogP contribution in [0.25, 0.3) is 0 Å². The summed E-state index contributed by atoms with van der Waals surface area (Å²) in [7, 11) is 1.57. The van der Waals surface area contributed by atoms with E-state index in [9.17, 15) is 4.79 Å². The molecular weight excluding hydrogens is 190 g/mol. The van der Waals surface area contributed by atoms with Crippen molar-refractivity contribution in [2.45, 2.75) is 20.3 Å². The van der Waals surface area contributed by atoms with Crippen LogP contribution in [0.15, 0.2) is 28.3 Å². The van der Waals surface area contributed by atoms with Gasteiger partial charge in [-0.2, -0.15) is 0 Å². The Bertz CT molecular complexity index is 368. The quantitative estimate of drug-likeness (QED) is 0.330. The Morgan fingerprint density at radius 3 is 2.47 bits per heavy atom. The van der Waals surface area contributed by atoms with Crippen LogP contribution in [-0.4, -0.2) is 23.8 Å². The molecule has 3 nitrogen and oxygen atoms in total. The summed E-state index contributed by atoms with van der Waals surface area (Å²) in [5, 5.41) is 8.93. The van der Waals surface area contributed by atoms with Gasteiger partial charge in [0.2, 0.25) is 0 Å². The lowest BCUT2D eigenvalue weighted by Crippen LogP contribution is -2.01. The zero-order chi connectivity index (χ0) is 11.8. The number of allylic oxidation sites excluding steroid dienone is 2. The van der Waals surface area contributed by atoms with Gasteiger partial charge in [0.15, 0.2) is 0 Å². The number of carbonyl (C=O) groups is 1. The molecule has 0 aliphatic heterocycles. The van der Waals surface area contributed by atoms with Crippen LogP contribution in [0.2, 0.25) is 0 Å². The first-order chi connectivity index (χ1) is 7.06. The van der Waals surface area contributed by atoms with Crippen molar-refractivity contribution in [3.05, 3.63) is 23.3 Å². The first-order valence-electron chi connectivity index (χ1n) is 4.61. The maximum absolute atomic E-state index is 10.9. The topological polar surface area (TPSA) is 49.7 Å². The van der Waals surface area contributed by atoms with Crippen molar-refractivity contribution in [3.63, 3.8) is 0 Å². The summed E-state index contributed by atoms with van der Waals surface area (Å²) < 4.78 is 0. The van der Waals surface area contributed by atoms with Crippen molar-refractivity contribution < 1.29 is 9.90 Å². The molecule has 0 rings (SSSR count). The fraction of sp³-hybridized carbons (Fsp3) is 0.333. The molecule has 0 saturated carbocycles. The number of terminal acetylenes is 1. The lowest BCUT2D eigenvalue weighted by Gasteiger charge is -2.00. The molecule has 3 heteroatoms. The van der Waals surface area contributed by atoms with E-state index < -0.39 is 5.97 Å². The van der Waals surface area contributed by atoms with Gasteiger partial charge in [-0.1, -0.05) is 18.4 Å². The first kappa shape index (κ1) is 13.2. The van der Waals surface area contributed by atoms with E-state index in [-0.39, 0.29) is 5.57 Å². The molecule has 0 saturated heterocycles. The fourth-order valence-corrected chi connectivity index (χ4v) is 0.936. The Kier molecular flexibility index (Phi) is 5.81. The van der Waals surface area contributed by atoms with Gasteiger partial charge in [-0.25, -0.2) is 4.79 Å². The molecule has 0 aliphatic rings. The summed E-state index contributed by atoms with van der Waals surface area (Å²) in [4.78, 5) is 14.7. The minimum absolute atomic E-state index is 0.272. The standard InChI is InChI=1S/C12H15NO2/c1-5-9(3)11(12(14)15)8-7-10(6-2)13-4/h2,7-8H,5H2,1,3-4H3,(H,14,15)/b8-7-,11-9-,13-10?. The van der Waals surface area contributed by atoms with E-state index in [0.717, 1.165) is 5.57 Å². The number of hydrogen-bond donors (Lipinski definition) is 1. The highest BCUT2D eigenvalue weighted by Crippen LogP contribution is 2.09. The Labute approximate surface area is 90.2 Å². The summed E-state index contributed by atoms with van der Waals surface area (Å²) >= 11 is 0. The summed E-state index contributed by atoms with van der Waals surface area (Å²) in [6, 6.07) is 0. The lowest BCUT2D eigenvalue weighted by atomic mass is 10.1. The van der Waals surface area contributed by atoms with Crippen LogP contribution in [-0.2, 0) is 4.79 Å². The smallest absolute Gasteiger partial charge is 0.335 e. The van der Waals surface area contributed by atoms with Gasteiger partial charge in [-0.15, -0.1) is 6.42 Å². The number of nitrogens with zero attached hydrogens (tertiary/aromatic N) is 1. The predicted molar refractivity (Wildman–Crippen MR) is 62.0 cm³/mol. The van der Waals surface area contributed by atoms with Gasteiger partial charge in [-0.05, 0) is 25.5 Å². The molecule has 0 radical (unpaired) electrons. The normalized spacial score (nSPS) is 13.6. The second-order valence-corrected chi connectivity index (χ2v) is 2.94. The van der Waals surface area contributed by atoms with Gasteiger partial charge in [-0.3, -0.25) is 4.99 Å². The highest BCUT2D eigenvalue weighted by Gasteiger charge is 2.06. The molecule has 0 spiro atoms. The Morgan fingerprint density at radius 1 is 1.53 bits per heavy atom. The molecule has 0 unspecified atom stereocenters. The zero-order valence-electron chi connectivity index (χ0n) is 9.24. The van der Waals surface area contributed by atoms with Crippen LogP contribution in [0, 0.1) is 12.3 Å². The molecular formula is C12H15NO2. The minimum Gasteiger partial charge on any atom is -0.478 e. The molecule has 1 N–H and O–H groups in total. The maximum Gasteiger partial charge on any atom is 0.335 e. The lowest BCUT2D eigenvalue weighted by molar-refractivity contribution is -0.132. The van der Waals surface area contributed by atoms with Crippen LogP contribution in [0.5, 0.6) is 0 Å². The number of carboxylic acid groups (broad SMARTS) is 1. The molecule has 0 fully saturated rings. The van der Waals surface area contributed by atoms with Crippen molar-refractivity contribution in [1.29, 1.82) is 0 Å². The van der Waals surface area contributed by atoms with E-state index in [0.29, 0.717) is 12.1 Å². The minimum atomic E-state index is -0.946. The van der Waals surface area contributed by atoms with E-state index >= 15 is 0 Å². The molecule has 80 valence electrons. The molecule has 0 aromatic rings. The van der Waals surface area contributed by atoms with Crippen molar-refractivity contribution in [2.24, 2.45) is 4.99 Å². The molecule has 0 bridgehead atoms. The van der Waals surface area contributed by atoms with Crippen molar-refractivity contribution in [1.82, 2.24) is 0 Å². The Hall–Kier alpha value is -1.82. The molecule has 0 aliphatic carbocycles. The van der Waals surface area contributed by atoms with E-state index in [1.54, 1.807) is 14.0 Å².